The van der Waals surface area contributed by atoms with E-state index in [-0.39, 0.29) is 19.0 Å². The first-order chi connectivity index (χ1) is 9.21. The minimum Gasteiger partial charge on any atom is -0.476 e. The van der Waals surface area contributed by atoms with E-state index in [9.17, 15) is 4.79 Å². The summed E-state index contributed by atoms with van der Waals surface area (Å²) in [6.07, 6.45) is 1.57. The van der Waals surface area contributed by atoms with Crippen molar-refractivity contribution >= 4 is 11.9 Å². The van der Waals surface area contributed by atoms with Crippen molar-refractivity contribution in [3.63, 3.8) is 0 Å². The lowest BCUT2D eigenvalue weighted by atomic mass is 10.4. The number of hydrogen-bond acceptors (Lipinski definition) is 8. The van der Waals surface area contributed by atoms with Crippen LogP contribution in [0.4, 0.5) is 0 Å². The first-order valence-electron chi connectivity index (χ1n) is 5.58. The van der Waals surface area contributed by atoms with Gasteiger partial charge in [0.05, 0.1) is 27.2 Å². The molecule has 0 aliphatic heterocycles. The zero-order valence-electron chi connectivity index (χ0n) is 11.1. The van der Waals surface area contributed by atoms with Gasteiger partial charge in [-0.25, -0.2) is 4.98 Å². The predicted octanol–water partition coefficient (Wildman–Crippen LogP) is 0.282. The van der Waals surface area contributed by atoms with E-state index in [1.807, 2.05) is 0 Å². The molecule has 1 heterocycles. The van der Waals surface area contributed by atoms with Crippen molar-refractivity contribution in [2.24, 2.45) is 4.99 Å². The van der Waals surface area contributed by atoms with Crippen LogP contribution in [0.25, 0.3) is 0 Å². The second-order valence-corrected chi connectivity index (χ2v) is 3.36. The van der Waals surface area contributed by atoms with Crippen LogP contribution < -0.4 is 5.48 Å². The van der Waals surface area contributed by atoms with Crippen molar-refractivity contribution in [3.8, 4) is 0 Å². The summed E-state index contributed by atoms with van der Waals surface area (Å²) >= 11 is 0. The minimum absolute atomic E-state index is 0.144. The number of ether oxygens (including phenoxy) is 2. The Hall–Kier alpha value is -1.93. The smallest absolute Gasteiger partial charge is 0.308 e. The fraction of sp³-hybridized carbons (Fsp3) is 0.545. The third-order valence-corrected chi connectivity index (χ3v) is 2.11. The number of hydrogen-bond donors (Lipinski definition) is 1. The number of nitrogens with zero attached hydrogens (tertiary/aromatic N) is 2. The third-order valence-electron chi connectivity index (χ3n) is 2.11. The molecule has 19 heavy (non-hydrogen) atoms. The van der Waals surface area contributed by atoms with E-state index in [1.54, 1.807) is 7.05 Å². The van der Waals surface area contributed by atoms with Gasteiger partial charge in [0.25, 0.3) is 0 Å². The number of esters is 1. The zero-order valence-corrected chi connectivity index (χ0v) is 11.1. The van der Waals surface area contributed by atoms with Crippen molar-refractivity contribution in [1.29, 1.82) is 0 Å². The first-order valence-corrected chi connectivity index (χ1v) is 5.58. The normalized spacial score (nSPS) is 11.4. The molecule has 1 aromatic heterocycles. The summed E-state index contributed by atoms with van der Waals surface area (Å²) in [5.41, 5.74) is 3.06. The Morgan fingerprint density at radius 1 is 1.53 bits per heavy atom. The van der Waals surface area contributed by atoms with Crippen LogP contribution in [0, 0.1) is 0 Å². The van der Waals surface area contributed by atoms with Crippen LogP contribution in [0.15, 0.2) is 15.7 Å². The lowest BCUT2D eigenvalue weighted by Crippen LogP contribution is -2.13. The summed E-state index contributed by atoms with van der Waals surface area (Å²) < 4.78 is 15.0. The molecular weight excluding hydrogens is 254 g/mol. The van der Waals surface area contributed by atoms with Gasteiger partial charge in [-0.2, -0.15) is 5.48 Å². The number of carbonyl (C=O) groups excluding carboxylic acids is 1. The van der Waals surface area contributed by atoms with E-state index >= 15 is 0 Å². The van der Waals surface area contributed by atoms with Gasteiger partial charge in [0, 0.05) is 7.05 Å². The van der Waals surface area contributed by atoms with Gasteiger partial charge in [0.2, 0.25) is 11.8 Å². The fourth-order valence-corrected chi connectivity index (χ4v) is 1.21. The van der Waals surface area contributed by atoms with Gasteiger partial charge in [-0.1, -0.05) is 0 Å². The summed E-state index contributed by atoms with van der Waals surface area (Å²) in [5, 5.41) is 0. The van der Waals surface area contributed by atoms with E-state index in [0.29, 0.717) is 24.0 Å². The number of carbonyl (C=O) groups is 1. The summed E-state index contributed by atoms with van der Waals surface area (Å²) in [5.74, 6) is 0.395. The van der Waals surface area contributed by atoms with Crippen LogP contribution in [0.5, 0.6) is 0 Å². The van der Waals surface area contributed by atoms with Gasteiger partial charge in [-0.05, 0) is 0 Å². The molecule has 1 aromatic rings. The van der Waals surface area contributed by atoms with Gasteiger partial charge in [0.15, 0.2) is 5.69 Å². The van der Waals surface area contributed by atoms with Crippen molar-refractivity contribution in [1.82, 2.24) is 10.5 Å². The molecule has 1 N–H and O–H groups in total. The summed E-state index contributed by atoms with van der Waals surface area (Å²) in [7, 11) is 4.39. The molecule has 0 saturated carbocycles. The Morgan fingerprint density at radius 3 is 2.95 bits per heavy atom. The largest absolute Gasteiger partial charge is 0.476 e. The quantitative estimate of drug-likeness (QED) is 0.329. The Morgan fingerprint density at radius 2 is 2.32 bits per heavy atom. The average molecular weight is 271 g/mol. The van der Waals surface area contributed by atoms with Gasteiger partial charge >= 0.3 is 5.97 Å². The molecular formula is C11H17N3O5. The number of hydroxylamine groups is 1. The van der Waals surface area contributed by atoms with Crippen LogP contribution in [-0.4, -0.2) is 44.7 Å². The third kappa shape index (κ3) is 5.06. The lowest BCUT2D eigenvalue weighted by molar-refractivity contribution is -0.141. The van der Waals surface area contributed by atoms with Crippen molar-refractivity contribution in [2.75, 3.05) is 27.9 Å². The number of methoxy groups -OCH3 is 1. The van der Waals surface area contributed by atoms with E-state index < -0.39 is 0 Å². The summed E-state index contributed by atoms with van der Waals surface area (Å²) in [4.78, 5) is 23.7. The molecule has 0 amide bonds. The molecule has 0 aromatic carbocycles. The number of nitrogens with one attached hydrogen (secondary N) is 1. The summed E-state index contributed by atoms with van der Waals surface area (Å²) in [6.45, 7) is 0.494. The minimum atomic E-state index is -0.347. The molecule has 8 nitrogen and oxygen atoms in total. The highest BCUT2D eigenvalue weighted by molar-refractivity contribution is 5.91. The Kier molecular flexibility index (Phi) is 6.55. The Labute approximate surface area is 110 Å². The zero-order chi connectivity index (χ0) is 14.1. The van der Waals surface area contributed by atoms with E-state index in [1.165, 1.54) is 20.5 Å². The van der Waals surface area contributed by atoms with E-state index in [2.05, 4.69) is 25.0 Å². The lowest BCUT2D eigenvalue weighted by Gasteiger charge is -2.05. The van der Waals surface area contributed by atoms with Gasteiger partial charge in [-0.3, -0.25) is 9.79 Å². The van der Waals surface area contributed by atoms with Crippen LogP contribution in [0.2, 0.25) is 0 Å². The molecule has 106 valence electrons. The van der Waals surface area contributed by atoms with Crippen LogP contribution in [0.3, 0.4) is 0 Å². The number of aromatic nitrogens is 1. The Bertz CT molecular complexity index is 430. The molecule has 0 unspecified atom stereocenters. The monoisotopic (exact) mass is 271 g/mol. The maximum absolute atomic E-state index is 10.9. The molecule has 0 fully saturated rings. The molecule has 0 saturated heterocycles. The molecule has 0 spiro atoms. The summed E-state index contributed by atoms with van der Waals surface area (Å²) in [6, 6.07) is 0. The van der Waals surface area contributed by atoms with Crippen LogP contribution in [0.1, 0.15) is 18.0 Å². The predicted molar refractivity (Wildman–Crippen MR) is 65.4 cm³/mol. The highest BCUT2D eigenvalue weighted by Gasteiger charge is 2.12. The number of oxazole rings is 1. The maximum Gasteiger partial charge on any atom is 0.308 e. The second-order valence-electron chi connectivity index (χ2n) is 3.36. The molecule has 0 aliphatic carbocycles. The maximum atomic E-state index is 10.9. The first kappa shape index (κ1) is 15.1. The fourth-order valence-electron chi connectivity index (χ4n) is 1.21. The second kappa shape index (κ2) is 8.22. The van der Waals surface area contributed by atoms with Crippen LogP contribution >= 0.6 is 0 Å². The molecule has 0 atom stereocenters. The highest BCUT2D eigenvalue weighted by Crippen LogP contribution is 2.05. The van der Waals surface area contributed by atoms with Crippen molar-refractivity contribution in [3.05, 3.63) is 17.8 Å². The van der Waals surface area contributed by atoms with Crippen LogP contribution in [-0.2, 0) is 25.7 Å². The molecule has 0 radical (unpaired) electrons. The van der Waals surface area contributed by atoms with E-state index in [4.69, 9.17) is 9.15 Å². The standard InChI is InChI=1S/C11H17N3O5/c1-12-11(18-5-4-10(15)16-2)8-7-19-9(14-8)6-13-17-3/h7,13H,4-6H2,1-3H3. The number of aliphatic imine (C=N–C) groups is 1. The number of rotatable bonds is 7. The molecule has 1 rings (SSSR count). The van der Waals surface area contributed by atoms with Gasteiger partial charge in [0.1, 0.15) is 12.9 Å². The van der Waals surface area contributed by atoms with Gasteiger partial charge < -0.3 is 18.7 Å². The van der Waals surface area contributed by atoms with Gasteiger partial charge in [-0.15, -0.1) is 0 Å². The highest BCUT2D eigenvalue weighted by atomic mass is 16.6. The molecule has 0 bridgehead atoms. The molecule has 0 aliphatic rings. The molecule has 8 heteroatoms. The van der Waals surface area contributed by atoms with E-state index in [0.717, 1.165) is 0 Å². The average Bonchev–Trinajstić information content (AvgIpc) is 2.89. The van der Waals surface area contributed by atoms with Crippen molar-refractivity contribution in [2.45, 2.75) is 13.0 Å². The Balaban J connectivity index is 2.50. The topological polar surface area (TPSA) is 95.2 Å². The van der Waals surface area contributed by atoms with Crippen molar-refractivity contribution < 1.29 is 23.5 Å². The SMILES string of the molecule is CN=C(OCCC(=O)OC)c1coc(CNOC)n1.